The van der Waals surface area contributed by atoms with Crippen LogP contribution in [-0.4, -0.2) is 19.0 Å². The van der Waals surface area contributed by atoms with E-state index in [2.05, 4.69) is 26.0 Å². The molecular formula is C20H30O2. The van der Waals surface area contributed by atoms with Crippen LogP contribution in [-0.2, 0) is 9.53 Å². The standard InChI is InChI=1S/C20H30O2/c1-19-11-5-4-6-13(19)7-8-14-15-9-10-17(21)20(15,2)12-16(22-3)18(14)19/h4-5,13-16,18H,6-12H2,1-3H3. The maximum absolute atomic E-state index is 12.6. The maximum atomic E-state index is 12.6. The van der Waals surface area contributed by atoms with E-state index in [1.165, 1.54) is 25.7 Å². The van der Waals surface area contributed by atoms with Gasteiger partial charge >= 0.3 is 0 Å². The number of rotatable bonds is 1. The Morgan fingerprint density at radius 2 is 2.00 bits per heavy atom. The molecule has 2 nitrogen and oxygen atoms in total. The highest BCUT2D eigenvalue weighted by Gasteiger charge is 2.62. The molecule has 0 aromatic carbocycles. The molecule has 0 aliphatic heterocycles. The molecule has 0 N–H and O–H groups in total. The van der Waals surface area contributed by atoms with Crippen LogP contribution >= 0.6 is 0 Å². The van der Waals surface area contributed by atoms with Crippen LogP contribution in [0.5, 0.6) is 0 Å². The SMILES string of the molecule is COC1CC2(C)C(=O)CCC2C2CCC3CC=CCC3(C)C12. The van der Waals surface area contributed by atoms with Gasteiger partial charge in [-0.3, -0.25) is 4.79 Å². The fourth-order valence-corrected chi connectivity index (χ4v) is 6.93. The lowest BCUT2D eigenvalue weighted by molar-refractivity contribution is -0.169. The number of fused-ring (bicyclic) bond motifs is 5. The number of carbonyl (C=O) groups excluding carboxylic acids is 1. The monoisotopic (exact) mass is 302 g/mol. The molecule has 0 spiro atoms. The average molecular weight is 302 g/mol. The number of allylic oxidation sites excluding steroid dienone is 2. The molecule has 4 aliphatic rings. The van der Waals surface area contributed by atoms with E-state index in [4.69, 9.17) is 4.74 Å². The molecule has 3 saturated carbocycles. The van der Waals surface area contributed by atoms with Crippen molar-refractivity contribution in [2.24, 2.45) is 34.5 Å². The summed E-state index contributed by atoms with van der Waals surface area (Å²) in [6.07, 6.45) is 13.1. The molecule has 4 aliphatic carbocycles. The highest BCUT2D eigenvalue weighted by molar-refractivity contribution is 5.87. The van der Waals surface area contributed by atoms with E-state index in [-0.39, 0.29) is 11.5 Å². The normalized spacial score (nSPS) is 53.8. The molecule has 122 valence electrons. The average Bonchev–Trinajstić information content (AvgIpc) is 2.81. The van der Waals surface area contributed by atoms with Gasteiger partial charge in [-0.25, -0.2) is 0 Å². The third-order valence-corrected chi connectivity index (χ3v) is 8.13. The highest BCUT2D eigenvalue weighted by atomic mass is 16.5. The molecule has 7 unspecified atom stereocenters. The van der Waals surface area contributed by atoms with Gasteiger partial charge in [-0.2, -0.15) is 0 Å². The van der Waals surface area contributed by atoms with Gasteiger partial charge < -0.3 is 4.74 Å². The lowest BCUT2D eigenvalue weighted by Crippen LogP contribution is -2.58. The largest absolute Gasteiger partial charge is 0.381 e. The Morgan fingerprint density at radius 3 is 2.77 bits per heavy atom. The molecule has 0 aromatic rings. The van der Waals surface area contributed by atoms with Crippen molar-refractivity contribution < 1.29 is 9.53 Å². The van der Waals surface area contributed by atoms with E-state index >= 15 is 0 Å². The first-order valence-corrected chi connectivity index (χ1v) is 9.22. The van der Waals surface area contributed by atoms with E-state index in [0.717, 1.165) is 25.2 Å². The van der Waals surface area contributed by atoms with Gasteiger partial charge in [-0.15, -0.1) is 0 Å². The summed E-state index contributed by atoms with van der Waals surface area (Å²) in [4.78, 5) is 12.6. The van der Waals surface area contributed by atoms with Crippen LogP contribution in [0.2, 0.25) is 0 Å². The summed E-state index contributed by atoms with van der Waals surface area (Å²) in [5, 5.41) is 0. The minimum Gasteiger partial charge on any atom is -0.381 e. The van der Waals surface area contributed by atoms with Crippen molar-refractivity contribution in [3.8, 4) is 0 Å². The Labute approximate surface area is 134 Å². The molecule has 0 bridgehead atoms. The number of ether oxygens (including phenoxy) is 1. The van der Waals surface area contributed by atoms with E-state index in [1.54, 1.807) is 0 Å². The van der Waals surface area contributed by atoms with Crippen LogP contribution in [0.1, 0.15) is 58.8 Å². The number of Topliss-reactive ketones (excluding diaryl/α,β-unsaturated/α-hetero) is 1. The lowest BCUT2D eigenvalue weighted by atomic mass is 9.45. The Hall–Kier alpha value is -0.630. The number of carbonyl (C=O) groups is 1. The third-order valence-electron chi connectivity index (χ3n) is 8.13. The number of methoxy groups -OCH3 is 1. The van der Waals surface area contributed by atoms with Crippen LogP contribution in [0.25, 0.3) is 0 Å². The zero-order chi connectivity index (χ0) is 15.5. The van der Waals surface area contributed by atoms with Crippen molar-refractivity contribution >= 4 is 5.78 Å². The number of ketones is 1. The summed E-state index contributed by atoms with van der Waals surface area (Å²) in [7, 11) is 1.87. The van der Waals surface area contributed by atoms with Crippen molar-refractivity contribution in [1.82, 2.24) is 0 Å². The predicted molar refractivity (Wildman–Crippen MR) is 87.4 cm³/mol. The van der Waals surface area contributed by atoms with Gasteiger partial charge in [0.05, 0.1) is 6.10 Å². The van der Waals surface area contributed by atoms with Crippen LogP contribution in [0, 0.1) is 34.5 Å². The molecule has 3 fully saturated rings. The van der Waals surface area contributed by atoms with Gasteiger partial charge in [-0.1, -0.05) is 26.0 Å². The first-order valence-electron chi connectivity index (χ1n) is 9.22. The summed E-state index contributed by atoms with van der Waals surface area (Å²) < 4.78 is 6.02. The Balaban J connectivity index is 1.75. The molecule has 2 heteroatoms. The van der Waals surface area contributed by atoms with Crippen molar-refractivity contribution in [2.75, 3.05) is 7.11 Å². The molecule has 0 saturated heterocycles. The van der Waals surface area contributed by atoms with E-state index in [9.17, 15) is 4.79 Å². The second-order valence-electron chi connectivity index (χ2n) is 8.85. The predicted octanol–water partition coefficient (Wildman–Crippen LogP) is 4.39. The lowest BCUT2D eigenvalue weighted by Gasteiger charge is -2.60. The number of hydrogen-bond donors (Lipinski definition) is 0. The molecule has 4 rings (SSSR count). The summed E-state index contributed by atoms with van der Waals surface area (Å²) in [5.41, 5.74) is 0.279. The minimum atomic E-state index is -0.102. The Kier molecular flexibility index (Phi) is 3.35. The minimum absolute atomic E-state index is 0.102. The van der Waals surface area contributed by atoms with Gasteiger partial charge in [0.1, 0.15) is 5.78 Å². The second kappa shape index (κ2) is 4.93. The quantitative estimate of drug-likeness (QED) is 0.672. The molecule has 0 amide bonds. The summed E-state index contributed by atoms with van der Waals surface area (Å²) >= 11 is 0. The van der Waals surface area contributed by atoms with Crippen molar-refractivity contribution in [3.05, 3.63) is 12.2 Å². The smallest absolute Gasteiger partial charge is 0.139 e. The molecule has 7 atom stereocenters. The third kappa shape index (κ3) is 1.79. The molecule has 22 heavy (non-hydrogen) atoms. The van der Waals surface area contributed by atoms with Crippen LogP contribution < -0.4 is 0 Å². The van der Waals surface area contributed by atoms with Crippen molar-refractivity contribution in [2.45, 2.75) is 64.9 Å². The molecule has 0 aromatic heterocycles. The summed E-state index contributed by atoms with van der Waals surface area (Å²) in [6.45, 7) is 4.76. The molecule has 0 radical (unpaired) electrons. The van der Waals surface area contributed by atoms with Crippen LogP contribution in [0.15, 0.2) is 12.2 Å². The Bertz CT molecular complexity index is 510. The zero-order valence-electron chi connectivity index (χ0n) is 14.3. The summed E-state index contributed by atoms with van der Waals surface area (Å²) in [5.74, 6) is 3.28. The van der Waals surface area contributed by atoms with E-state index in [1.807, 2.05) is 7.11 Å². The molecular weight excluding hydrogens is 272 g/mol. The zero-order valence-corrected chi connectivity index (χ0v) is 14.3. The topological polar surface area (TPSA) is 26.3 Å². The van der Waals surface area contributed by atoms with Gasteiger partial charge in [0, 0.05) is 18.9 Å². The van der Waals surface area contributed by atoms with Gasteiger partial charge in [0.25, 0.3) is 0 Å². The molecule has 0 heterocycles. The van der Waals surface area contributed by atoms with E-state index < -0.39 is 0 Å². The number of hydrogen-bond acceptors (Lipinski definition) is 2. The first-order chi connectivity index (χ1) is 10.5. The fraction of sp³-hybridized carbons (Fsp3) is 0.850. The maximum Gasteiger partial charge on any atom is 0.139 e. The highest BCUT2D eigenvalue weighted by Crippen LogP contribution is 2.65. The Morgan fingerprint density at radius 1 is 1.18 bits per heavy atom. The van der Waals surface area contributed by atoms with Gasteiger partial charge in [-0.05, 0) is 67.6 Å². The van der Waals surface area contributed by atoms with Crippen molar-refractivity contribution in [3.63, 3.8) is 0 Å². The second-order valence-corrected chi connectivity index (χ2v) is 8.85. The van der Waals surface area contributed by atoms with Gasteiger partial charge in [0.15, 0.2) is 0 Å². The van der Waals surface area contributed by atoms with Crippen molar-refractivity contribution in [1.29, 1.82) is 0 Å². The van der Waals surface area contributed by atoms with E-state index in [0.29, 0.717) is 29.0 Å². The van der Waals surface area contributed by atoms with Crippen LogP contribution in [0.4, 0.5) is 0 Å². The fourth-order valence-electron chi connectivity index (χ4n) is 6.93. The van der Waals surface area contributed by atoms with Gasteiger partial charge in [0.2, 0.25) is 0 Å². The first kappa shape index (κ1) is 14.9. The van der Waals surface area contributed by atoms with Crippen LogP contribution in [0.3, 0.4) is 0 Å². The summed E-state index contributed by atoms with van der Waals surface area (Å²) in [6, 6.07) is 0.